The number of sulfonamides is 1. The number of ether oxygens (including phenoxy) is 1. The Morgan fingerprint density at radius 2 is 1.81 bits per heavy atom. The van der Waals surface area contributed by atoms with Crippen LogP contribution in [0.3, 0.4) is 0 Å². The van der Waals surface area contributed by atoms with E-state index in [1.54, 1.807) is 24.3 Å². The predicted octanol–water partition coefficient (Wildman–Crippen LogP) is 4.23. The third kappa shape index (κ3) is 4.49. The first kappa shape index (κ1) is 20.5. The van der Waals surface area contributed by atoms with Gasteiger partial charge in [0.25, 0.3) is 0 Å². The first-order valence-electron chi connectivity index (χ1n) is 7.52. The Hall–Kier alpha value is -1.77. The summed E-state index contributed by atoms with van der Waals surface area (Å²) >= 11 is 5.54. The van der Waals surface area contributed by atoms with E-state index >= 15 is 0 Å². The Morgan fingerprint density at radius 3 is 2.42 bits per heavy atom. The standard InChI is InChI=1S/C17H17ClF3NO3S/c1-22(10-9-12-5-3-4-6-16(12)25-2)26(23,24)13-7-8-15(18)14(11-13)17(19,20)21/h3-8,11H,9-10H2,1-2H3. The summed E-state index contributed by atoms with van der Waals surface area (Å²) in [4.78, 5) is -0.461. The number of alkyl halides is 3. The molecule has 0 spiro atoms. The molecule has 9 heteroatoms. The molecule has 0 saturated carbocycles. The molecule has 0 unspecified atom stereocenters. The first-order chi connectivity index (χ1) is 12.1. The summed E-state index contributed by atoms with van der Waals surface area (Å²) in [6.45, 7) is 0.0761. The largest absolute Gasteiger partial charge is 0.496 e. The van der Waals surface area contributed by atoms with Crippen molar-refractivity contribution < 1.29 is 26.3 Å². The summed E-state index contributed by atoms with van der Waals surface area (Å²) in [5.74, 6) is 0.615. The van der Waals surface area contributed by atoms with Crippen LogP contribution in [-0.4, -0.2) is 33.4 Å². The van der Waals surface area contributed by atoms with Gasteiger partial charge >= 0.3 is 6.18 Å². The van der Waals surface area contributed by atoms with Gasteiger partial charge in [-0.3, -0.25) is 0 Å². The van der Waals surface area contributed by atoms with Crippen LogP contribution in [0.1, 0.15) is 11.1 Å². The van der Waals surface area contributed by atoms with E-state index in [1.165, 1.54) is 14.2 Å². The van der Waals surface area contributed by atoms with Crippen molar-refractivity contribution in [1.82, 2.24) is 4.31 Å². The second kappa shape index (κ2) is 7.85. The molecule has 0 aliphatic carbocycles. The fraction of sp³-hybridized carbons (Fsp3) is 0.294. The van der Waals surface area contributed by atoms with Crippen molar-refractivity contribution in [2.45, 2.75) is 17.5 Å². The lowest BCUT2D eigenvalue weighted by Crippen LogP contribution is -2.29. The van der Waals surface area contributed by atoms with Gasteiger partial charge in [0.15, 0.2) is 0 Å². The summed E-state index contributed by atoms with van der Waals surface area (Å²) in [5.41, 5.74) is -0.387. The quantitative estimate of drug-likeness (QED) is 0.720. The average Bonchev–Trinajstić information content (AvgIpc) is 2.58. The SMILES string of the molecule is COc1ccccc1CCN(C)S(=O)(=O)c1ccc(Cl)c(C(F)(F)F)c1. The maximum Gasteiger partial charge on any atom is 0.417 e. The van der Waals surface area contributed by atoms with Crippen molar-refractivity contribution in [2.75, 3.05) is 20.7 Å². The number of halogens is 4. The van der Waals surface area contributed by atoms with E-state index in [4.69, 9.17) is 16.3 Å². The highest BCUT2D eigenvalue weighted by molar-refractivity contribution is 7.89. The Kier molecular flexibility index (Phi) is 6.21. The molecule has 0 bridgehead atoms. The van der Waals surface area contributed by atoms with Crippen molar-refractivity contribution in [1.29, 1.82) is 0 Å². The zero-order chi connectivity index (χ0) is 19.5. The van der Waals surface area contributed by atoms with Crippen molar-refractivity contribution in [3.05, 3.63) is 58.6 Å². The molecular weight excluding hydrogens is 391 g/mol. The molecule has 142 valence electrons. The van der Waals surface area contributed by atoms with Gasteiger partial charge in [-0.15, -0.1) is 0 Å². The van der Waals surface area contributed by atoms with Crippen LogP contribution < -0.4 is 4.74 Å². The molecule has 0 N–H and O–H groups in total. The Bertz CT molecular complexity index is 885. The van der Waals surface area contributed by atoms with E-state index in [-0.39, 0.29) is 6.54 Å². The van der Waals surface area contributed by atoms with Crippen LogP contribution in [0.4, 0.5) is 13.2 Å². The van der Waals surface area contributed by atoms with Crippen molar-refractivity contribution in [3.8, 4) is 5.75 Å². The number of hydrogen-bond acceptors (Lipinski definition) is 3. The molecule has 0 atom stereocenters. The van der Waals surface area contributed by atoms with E-state index in [2.05, 4.69) is 0 Å². The number of para-hydroxylation sites is 1. The van der Waals surface area contributed by atoms with Gasteiger partial charge in [-0.2, -0.15) is 13.2 Å². The molecule has 2 aromatic rings. The fourth-order valence-corrected chi connectivity index (χ4v) is 3.79. The maximum absolute atomic E-state index is 13.0. The maximum atomic E-state index is 13.0. The molecule has 0 saturated heterocycles. The molecule has 0 aliphatic rings. The predicted molar refractivity (Wildman–Crippen MR) is 93.0 cm³/mol. The summed E-state index contributed by atoms with van der Waals surface area (Å²) in [6, 6.07) is 9.67. The van der Waals surface area contributed by atoms with Gasteiger partial charge in [-0.1, -0.05) is 29.8 Å². The van der Waals surface area contributed by atoms with Gasteiger partial charge in [0.2, 0.25) is 10.0 Å². The highest BCUT2D eigenvalue weighted by Crippen LogP contribution is 2.36. The lowest BCUT2D eigenvalue weighted by Gasteiger charge is -2.19. The second-order valence-corrected chi connectivity index (χ2v) is 7.98. The summed E-state index contributed by atoms with van der Waals surface area (Å²) in [6.07, 6.45) is -4.39. The number of likely N-dealkylation sites (N-methyl/N-ethyl adjacent to an activating group) is 1. The van der Waals surface area contributed by atoms with Gasteiger partial charge in [0.05, 0.1) is 22.6 Å². The highest BCUT2D eigenvalue weighted by atomic mass is 35.5. The van der Waals surface area contributed by atoms with Crippen LogP contribution in [0, 0.1) is 0 Å². The zero-order valence-electron chi connectivity index (χ0n) is 14.0. The Labute approximate surface area is 155 Å². The second-order valence-electron chi connectivity index (χ2n) is 5.53. The summed E-state index contributed by atoms with van der Waals surface area (Å²) < 4.78 is 70.3. The molecule has 0 fully saturated rings. The van der Waals surface area contributed by atoms with Crippen LogP contribution in [-0.2, 0) is 22.6 Å². The van der Waals surface area contributed by atoms with E-state index in [0.29, 0.717) is 18.2 Å². The molecule has 0 heterocycles. The Morgan fingerprint density at radius 1 is 1.15 bits per heavy atom. The van der Waals surface area contributed by atoms with Gasteiger partial charge in [0, 0.05) is 13.6 Å². The number of rotatable bonds is 6. The number of methoxy groups -OCH3 is 1. The third-order valence-electron chi connectivity index (χ3n) is 3.84. The minimum absolute atomic E-state index is 0.0761. The first-order valence-corrected chi connectivity index (χ1v) is 9.34. The molecule has 0 aromatic heterocycles. The normalized spacial score (nSPS) is 12.4. The van der Waals surface area contributed by atoms with Gasteiger partial charge in [-0.25, -0.2) is 12.7 Å². The van der Waals surface area contributed by atoms with Gasteiger partial charge in [0.1, 0.15) is 5.75 Å². The van der Waals surface area contributed by atoms with Crippen molar-refractivity contribution >= 4 is 21.6 Å². The third-order valence-corrected chi connectivity index (χ3v) is 6.02. The lowest BCUT2D eigenvalue weighted by atomic mass is 10.1. The summed E-state index contributed by atoms with van der Waals surface area (Å²) in [7, 11) is -1.28. The van der Waals surface area contributed by atoms with Crippen molar-refractivity contribution in [3.63, 3.8) is 0 Å². The number of hydrogen-bond donors (Lipinski definition) is 0. The van der Waals surface area contributed by atoms with Crippen LogP contribution in [0.2, 0.25) is 5.02 Å². The molecule has 2 aromatic carbocycles. The van der Waals surface area contributed by atoms with Crippen LogP contribution >= 0.6 is 11.6 Å². The molecule has 2 rings (SSSR count). The molecule has 0 radical (unpaired) electrons. The fourth-order valence-electron chi connectivity index (χ4n) is 2.37. The molecule has 4 nitrogen and oxygen atoms in total. The van der Waals surface area contributed by atoms with Crippen LogP contribution in [0.25, 0.3) is 0 Å². The van der Waals surface area contributed by atoms with Crippen molar-refractivity contribution in [2.24, 2.45) is 0 Å². The summed E-state index contributed by atoms with van der Waals surface area (Å²) in [5, 5.41) is -0.548. The zero-order valence-corrected chi connectivity index (χ0v) is 15.6. The average molecular weight is 408 g/mol. The minimum atomic E-state index is -4.74. The molecule has 0 aliphatic heterocycles. The van der Waals surface area contributed by atoms with E-state index in [9.17, 15) is 21.6 Å². The van der Waals surface area contributed by atoms with Crippen LogP contribution in [0.15, 0.2) is 47.4 Å². The van der Waals surface area contributed by atoms with Gasteiger partial charge in [-0.05, 0) is 36.2 Å². The van der Waals surface area contributed by atoms with Gasteiger partial charge < -0.3 is 4.74 Å². The van der Waals surface area contributed by atoms with E-state index < -0.39 is 31.7 Å². The topological polar surface area (TPSA) is 46.6 Å². The van der Waals surface area contributed by atoms with E-state index in [0.717, 1.165) is 22.0 Å². The Balaban J connectivity index is 2.24. The van der Waals surface area contributed by atoms with Crippen LogP contribution in [0.5, 0.6) is 5.75 Å². The smallest absolute Gasteiger partial charge is 0.417 e. The monoisotopic (exact) mass is 407 g/mol. The molecular formula is C17H17ClF3NO3S. The minimum Gasteiger partial charge on any atom is -0.496 e. The van der Waals surface area contributed by atoms with E-state index in [1.807, 2.05) is 0 Å². The molecule has 0 amide bonds. The highest BCUT2D eigenvalue weighted by Gasteiger charge is 2.35. The molecule has 26 heavy (non-hydrogen) atoms. The number of nitrogens with zero attached hydrogens (tertiary/aromatic N) is 1. The lowest BCUT2D eigenvalue weighted by molar-refractivity contribution is -0.137. The number of benzene rings is 2.